The van der Waals surface area contributed by atoms with Gasteiger partial charge in [-0.2, -0.15) is 11.8 Å². The monoisotopic (exact) mass is 329 g/mol. The Kier molecular flexibility index (Phi) is 4.35. The van der Waals surface area contributed by atoms with Crippen LogP contribution in [0.4, 0.5) is 5.69 Å². The van der Waals surface area contributed by atoms with Crippen molar-refractivity contribution < 1.29 is 9.90 Å². The Morgan fingerprint density at radius 3 is 2.78 bits per heavy atom. The average Bonchev–Trinajstić information content (AvgIpc) is 2.36. The number of halogens is 1. The van der Waals surface area contributed by atoms with Gasteiger partial charge in [-0.1, -0.05) is 22.0 Å². The van der Waals surface area contributed by atoms with Gasteiger partial charge in [-0.05, 0) is 49.0 Å². The van der Waals surface area contributed by atoms with E-state index in [9.17, 15) is 9.90 Å². The van der Waals surface area contributed by atoms with Crippen LogP contribution in [0.25, 0.3) is 0 Å². The average molecular weight is 330 g/mol. The van der Waals surface area contributed by atoms with E-state index in [0.29, 0.717) is 12.8 Å². The smallest absolute Gasteiger partial charge is 0.256 e. The first-order valence-electron chi connectivity index (χ1n) is 5.90. The summed E-state index contributed by atoms with van der Waals surface area (Å²) in [4.78, 5) is 12.2. The largest absolute Gasteiger partial charge is 0.380 e. The van der Waals surface area contributed by atoms with Crippen LogP contribution in [-0.2, 0) is 4.79 Å². The summed E-state index contributed by atoms with van der Waals surface area (Å²) in [6, 6.07) is 5.64. The summed E-state index contributed by atoms with van der Waals surface area (Å²) < 4.78 is 0.950. The highest BCUT2D eigenvalue weighted by Crippen LogP contribution is 2.29. The maximum atomic E-state index is 12.2. The fourth-order valence-corrected chi connectivity index (χ4v) is 3.45. The van der Waals surface area contributed by atoms with E-state index in [0.717, 1.165) is 27.2 Å². The van der Waals surface area contributed by atoms with Crippen LogP contribution in [0.1, 0.15) is 18.4 Å². The van der Waals surface area contributed by atoms with E-state index in [4.69, 9.17) is 0 Å². The zero-order valence-corrected chi connectivity index (χ0v) is 12.6. The molecule has 1 aromatic rings. The van der Waals surface area contributed by atoms with Gasteiger partial charge in [0.2, 0.25) is 0 Å². The lowest BCUT2D eigenvalue weighted by atomic mass is 9.95. The zero-order valence-electron chi connectivity index (χ0n) is 10.2. The van der Waals surface area contributed by atoms with Gasteiger partial charge >= 0.3 is 0 Å². The molecule has 1 aliphatic rings. The van der Waals surface area contributed by atoms with Crippen LogP contribution in [0.2, 0.25) is 0 Å². The fraction of sp³-hybridized carbons (Fsp3) is 0.462. The summed E-state index contributed by atoms with van der Waals surface area (Å²) in [6.07, 6.45) is 1.05. The van der Waals surface area contributed by atoms with E-state index < -0.39 is 5.60 Å². The van der Waals surface area contributed by atoms with Crippen LogP contribution in [0.15, 0.2) is 22.7 Å². The lowest BCUT2D eigenvalue weighted by molar-refractivity contribution is -0.134. The van der Waals surface area contributed by atoms with Gasteiger partial charge in [0.25, 0.3) is 5.91 Å². The van der Waals surface area contributed by atoms with Crippen LogP contribution in [0.5, 0.6) is 0 Å². The molecule has 1 amide bonds. The number of rotatable bonds is 2. The van der Waals surface area contributed by atoms with Crippen LogP contribution < -0.4 is 5.32 Å². The molecule has 1 fully saturated rings. The van der Waals surface area contributed by atoms with Crippen molar-refractivity contribution in [2.45, 2.75) is 25.4 Å². The van der Waals surface area contributed by atoms with E-state index >= 15 is 0 Å². The molecule has 18 heavy (non-hydrogen) atoms. The maximum Gasteiger partial charge on any atom is 0.256 e. The Morgan fingerprint density at radius 1 is 1.44 bits per heavy atom. The van der Waals surface area contributed by atoms with Crippen LogP contribution >= 0.6 is 27.7 Å². The third-order valence-electron chi connectivity index (χ3n) is 3.26. The summed E-state index contributed by atoms with van der Waals surface area (Å²) in [5.74, 6) is 1.38. The minimum atomic E-state index is -1.21. The number of nitrogens with one attached hydrogen (secondary N) is 1. The number of carbonyl (C=O) groups is 1. The third-order valence-corrected chi connectivity index (χ3v) is 5.10. The molecule has 3 nitrogen and oxygen atoms in total. The molecule has 0 aliphatic carbocycles. The van der Waals surface area contributed by atoms with Gasteiger partial charge in [0.15, 0.2) is 0 Å². The molecular weight excluding hydrogens is 314 g/mol. The lowest BCUT2D eigenvalue weighted by Crippen LogP contribution is -2.45. The van der Waals surface area contributed by atoms with E-state index in [1.165, 1.54) is 0 Å². The molecule has 98 valence electrons. The number of benzene rings is 1. The molecule has 1 aromatic carbocycles. The topological polar surface area (TPSA) is 49.3 Å². The minimum Gasteiger partial charge on any atom is -0.380 e. The molecule has 2 rings (SSSR count). The summed E-state index contributed by atoms with van der Waals surface area (Å²) in [5.41, 5.74) is 0.515. The Morgan fingerprint density at radius 2 is 2.11 bits per heavy atom. The highest BCUT2D eigenvalue weighted by atomic mass is 79.9. The normalized spacial score (nSPS) is 18.4. The van der Waals surface area contributed by atoms with Crippen LogP contribution in [0, 0.1) is 6.92 Å². The van der Waals surface area contributed by atoms with E-state index in [-0.39, 0.29) is 5.91 Å². The molecule has 1 heterocycles. The number of thioether (sulfide) groups is 1. The molecule has 0 radical (unpaired) electrons. The minimum absolute atomic E-state index is 0.288. The van der Waals surface area contributed by atoms with Crippen molar-refractivity contribution in [3.05, 3.63) is 28.2 Å². The van der Waals surface area contributed by atoms with E-state index in [1.54, 1.807) is 11.8 Å². The van der Waals surface area contributed by atoms with Gasteiger partial charge in [0, 0.05) is 10.2 Å². The maximum absolute atomic E-state index is 12.2. The lowest BCUT2D eigenvalue weighted by Gasteiger charge is -2.30. The first-order chi connectivity index (χ1) is 8.53. The Balaban J connectivity index is 2.13. The molecule has 0 aromatic heterocycles. The van der Waals surface area contributed by atoms with Crippen molar-refractivity contribution in [1.82, 2.24) is 0 Å². The molecule has 0 saturated carbocycles. The van der Waals surface area contributed by atoms with E-state index in [2.05, 4.69) is 21.2 Å². The number of anilines is 1. The summed E-state index contributed by atoms with van der Waals surface area (Å²) in [5, 5.41) is 13.2. The van der Waals surface area contributed by atoms with Gasteiger partial charge in [-0.15, -0.1) is 0 Å². The summed E-state index contributed by atoms with van der Waals surface area (Å²) in [7, 11) is 0. The third kappa shape index (κ3) is 2.90. The van der Waals surface area contributed by atoms with Crippen molar-refractivity contribution in [3.63, 3.8) is 0 Å². The number of hydrogen-bond donors (Lipinski definition) is 2. The predicted molar refractivity (Wildman–Crippen MR) is 79.0 cm³/mol. The molecule has 0 bridgehead atoms. The summed E-state index contributed by atoms with van der Waals surface area (Å²) in [6.45, 7) is 1.93. The molecule has 1 saturated heterocycles. The van der Waals surface area contributed by atoms with Crippen molar-refractivity contribution in [2.75, 3.05) is 16.8 Å². The van der Waals surface area contributed by atoms with Crippen LogP contribution in [-0.4, -0.2) is 28.1 Å². The SMILES string of the molecule is Cc1c(Br)cccc1NC(=O)C1(O)CCSCC1. The zero-order chi connectivity index (χ0) is 13.2. The first kappa shape index (κ1) is 13.9. The van der Waals surface area contributed by atoms with Crippen LogP contribution in [0.3, 0.4) is 0 Å². The molecule has 0 atom stereocenters. The van der Waals surface area contributed by atoms with Gasteiger partial charge in [-0.3, -0.25) is 4.79 Å². The highest BCUT2D eigenvalue weighted by molar-refractivity contribution is 9.10. The Labute approximate surface area is 119 Å². The standard InChI is InChI=1S/C13H16BrNO2S/c1-9-10(14)3-2-4-11(9)15-12(16)13(17)5-7-18-8-6-13/h2-4,17H,5-8H2,1H3,(H,15,16). The number of hydrogen-bond acceptors (Lipinski definition) is 3. The summed E-state index contributed by atoms with van der Waals surface area (Å²) >= 11 is 5.21. The quantitative estimate of drug-likeness (QED) is 0.877. The van der Waals surface area contributed by atoms with Gasteiger partial charge in [0.05, 0.1) is 0 Å². The van der Waals surface area contributed by atoms with Gasteiger partial charge in [-0.25, -0.2) is 0 Å². The second-order valence-corrected chi connectivity index (χ2v) is 6.59. The molecular formula is C13H16BrNO2S. The Bertz CT molecular complexity index is 458. The molecule has 0 unspecified atom stereocenters. The Hall–Kier alpha value is -0.520. The molecule has 1 aliphatic heterocycles. The number of amides is 1. The fourth-order valence-electron chi connectivity index (χ4n) is 1.92. The van der Waals surface area contributed by atoms with Crippen molar-refractivity contribution in [2.24, 2.45) is 0 Å². The molecule has 2 N–H and O–H groups in total. The van der Waals surface area contributed by atoms with Gasteiger partial charge < -0.3 is 10.4 Å². The van der Waals surface area contributed by atoms with Crippen molar-refractivity contribution >= 4 is 39.3 Å². The predicted octanol–water partition coefficient (Wildman–Crippen LogP) is 2.95. The number of carbonyl (C=O) groups excluding carboxylic acids is 1. The van der Waals surface area contributed by atoms with E-state index in [1.807, 2.05) is 25.1 Å². The van der Waals surface area contributed by atoms with Crippen molar-refractivity contribution in [3.8, 4) is 0 Å². The molecule has 5 heteroatoms. The highest BCUT2D eigenvalue weighted by Gasteiger charge is 2.37. The molecule has 0 spiro atoms. The second-order valence-electron chi connectivity index (χ2n) is 4.51. The first-order valence-corrected chi connectivity index (χ1v) is 7.84. The van der Waals surface area contributed by atoms with Gasteiger partial charge in [0.1, 0.15) is 5.60 Å². The second kappa shape index (κ2) is 5.63. The number of aliphatic hydroxyl groups is 1. The van der Waals surface area contributed by atoms with Crippen molar-refractivity contribution in [1.29, 1.82) is 0 Å².